The van der Waals surface area contributed by atoms with Crippen molar-refractivity contribution in [2.75, 3.05) is 59.9 Å². The monoisotopic (exact) mass is 214 g/mol. The van der Waals surface area contributed by atoms with Crippen molar-refractivity contribution < 1.29 is 4.79 Å². The Morgan fingerprint density at radius 3 is 2.53 bits per heavy atom. The van der Waals surface area contributed by atoms with Crippen LogP contribution in [0.3, 0.4) is 0 Å². The number of rotatable bonds is 5. The van der Waals surface area contributed by atoms with Crippen LogP contribution >= 0.6 is 0 Å². The lowest BCUT2D eigenvalue weighted by Crippen LogP contribution is -2.47. The highest BCUT2D eigenvalue weighted by atomic mass is 16.1. The Labute approximate surface area is 91.8 Å². The zero-order chi connectivity index (χ0) is 11.1. The molecule has 88 valence electrons. The Balaban J connectivity index is 1.98. The molecular formula is C10H22N4O. The third-order valence-electron chi connectivity index (χ3n) is 2.77. The van der Waals surface area contributed by atoms with E-state index in [4.69, 9.17) is 0 Å². The van der Waals surface area contributed by atoms with Gasteiger partial charge in [-0.25, -0.2) is 0 Å². The van der Waals surface area contributed by atoms with Crippen molar-refractivity contribution in [3.8, 4) is 0 Å². The second-order valence-corrected chi connectivity index (χ2v) is 3.99. The first kappa shape index (κ1) is 12.4. The van der Waals surface area contributed by atoms with Crippen LogP contribution in [0.5, 0.6) is 0 Å². The van der Waals surface area contributed by atoms with E-state index in [1.165, 1.54) is 0 Å². The molecule has 1 amide bonds. The quantitative estimate of drug-likeness (QED) is 0.551. The zero-order valence-electron chi connectivity index (χ0n) is 9.75. The van der Waals surface area contributed by atoms with E-state index >= 15 is 0 Å². The van der Waals surface area contributed by atoms with Gasteiger partial charge >= 0.3 is 0 Å². The van der Waals surface area contributed by atoms with Gasteiger partial charge in [0.15, 0.2) is 0 Å². The van der Waals surface area contributed by atoms with Crippen LogP contribution in [0, 0.1) is 0 Å². The van der Waals surface area contributed by atoms with Gasteiger partial charge < -0.3 is 15.5 Å². The fourth-order valence-electron chi connectivity index (χ4n) is 1.60. The molecule has 0 saturated carbocycles. The number of hydrogen-bond acceptors (Lipinski definition) is 4. The van der Waals surface area contributed by atoms with Gasteiger partial charge in [0.05, 0.1) is 6.54 Å². The van der Waals surface area contributed by atoms with Crippen LogP contribution in [0.1, 0.15) is 0 Å². The number of amides is 1. The number of piperazine rings is 1. The minimum Gasteiger partial charge on any atom is -0.358 e. The predicted molar refractivity (Wildman–Crippen MR) is 60.9 cm³/mol. The van der Waals surface area contributed by atoms with E-state index in [0.29, 0.717) is 6.54 Å². The molecule has 1 rings (SSSR count). The van der Waals surface area contributed by atoms with Crippen LogP contribution in [0.2, 0.25) is 0 Å². The van der Waals surface area contributed by atoms with E-state index in [2.05, 4.69) is 27.5 Å². The lowest BCUT2D eigenvalue weighted by atomic mass is 10.3. The number of hydrogen-bond donors (Lipinski definition) is 2. The molecule has 5 heteroatoms. The third-order valence-corrected chi connectivity index (χ3v) is 2.77. The van der Waals surface area contributed by atoms with Gasteiger partial charge in [-0.1, -0.05) is 0 Å². The van der Waals surface area contributed by atoms with Crippen molar-refractivity contribution >= 4 is 5.91 Å². The number of likely N-dealkylation sites (N-methyl/N-ethyl adjacent to an activating group) is 2. The highest BCUT2D eigenvalue weighted by Crippen LogP contribution is 1.97. The van der Waals surface area contributed by atoms with Crippen molar-refractivity contribution in [1.82, 2.24) is 20.4 Å². The Bertz CT molecular complexity index is 190. The molecule has 0 spiro atoms. The van der Waals surface area contributed by atoms with Crippen molar-refractivity contribution in [2.45, 2.75) is 0 Å². The van der Waals surface area contributed by atoms with E-state index in [1.807, 2.05) is 0 Å². The topological polar surface area (TPSA) is 47.6 Å². The molecule has 1 fully saturated rings. The average molecular weight is 214 g/mol. The Morgan fingerprint density at radius 2 is 1.93 bits per heavy atom. The minimum atomic E-state index is 0.0494. The maximum absolute atomic E-state index is 10.9. The summed E-state index contributed by atoms with van der Waals surface area (Å²) in [7, 11) is 3.81. The molecule has 15 heavy (non-hydrogen) atoms. The summed E-state index contributed by atoms with van der Waals surface area (Å²) < 4.78 is 0. The Morgan fingerprint density at radius 1 is 1.27 bits per heavy atom. The van der Waals surface area contributed by atoms with E-state index in [-0.39, 0.29) is 5.91 Å². The minimum absolute atomic E-state index is 0.0494. The van der Waals surface area contributed by atoms with Gasteiger partial charge in [0.1, 0.15) is 0 Å². The summed E-state index contributed by atoms with van der Waals surface area (Å²) in [5.41, 5.74) is 0. The second-order valence-electron chi connectivity index (χ2n) is 3.99. The lowest BCUT2D eigenvalue weighted by Gasteiger charge is -2.32. The standard InChI is InChI=1S/C10H22N4O/c1-11-10(15)9-12-3-4-14-7-5-13(2)6-8-14/h12H,3-9H2,1-2H3,(H,11,15). The number of carbonyl (C=O) groups excluding carboxylic acids is 1. The molecule has 1 heterocycles. The number of carbonyl (C=O) groups is 1. The number of nitrogens with zero attached hydrogens (tertiary/aromatic N) is 2. The van der Waals surface area contributed by atoms with Crippen LogP contribution in [0.15, 0.2) is 0 Å². The SMILES string of the molecule is CNC(=O)CNCCN1CCN(C)CC1. The smallest absolute Gasteiger partial charge is 0.233 e. The lowest BCUT2D eigenvalue weighted by molar-refractivity contribution is -0.119. The fraction of sp³-hybridized carbons (Fsp3) is 0.900. The Kier molecular flexibility index (Phi) is 5.60. The molecule has 5 nitrogen and oxygen atoms in total. The van der Waals surface area contributed by atoms with E-state index in [1.54, 1.807) is 7.05 Å². The largest absolute Gasteiger partial charge is 0.358 e. The van der Waals surface area contributed by atoms with E-state index in [0.717, 1.165) is 39.3 Å². The molecule has 2 N–H and O–H groups in total. The van der Waals surface area contributed by atoms with Gasteiger partial charge in [-0.05, 0) is 7.05 Å². The first-order valence-electron chi connectivity index (χ1n) is 5.54. The van der Waals surface area contributed by atoms with Gasteiger partial charge in [0, 0.05) is 46.3 Å². The van der Waals surface area contributed by atoms with Gasteiger partial charge in [-0.2, -0.15) is 0 Å². The van der Waals surface area contributed by atoms with E-state index in [9.17, 15) is 4.79 Å². The van der Waals surface area contributed by atoms with Crippen molar-refractivity contribution in [3.63, 3.8) is 0 Å². The van der Waals surface area contributed by atoms with Crippen LogP contribution in [0.25, 0.3) is 0 Å². The Hall–Kier alpha value is -0.650. The summed E-state index contributed by atoms with van der Waals surface area (Å²) in [6.45, 7) is 6.91. The normalized spacial score (nSPS) is 19.1. The molecule has 1 saturated heterocycles. The van der Waals surface area contributed by atoms with Crippen molar-refractivity contribution in [1.29, 1.82) is 0 Å². The third kappa shape index (κ3) is 5.11. The first-order chi connectivity index (χ1) is 7.22. The second kappa shape index (κ2) is 6.76. The van der Waals surface area contributed by atoms with Crippen LogP contribution in [-0.4, -0.2) is 75.6 Å². The summed E-state index contributed by atoms with van der Waals surface area (Å²) in [6.07, 6.45) is 0. The highest BCUT2D eigenvalue weighted by molar-refractivity contribution is 5.77. The van der Waals surface area contributed by atoms with Gasteiger partial charge in [0.25, 0.3) is 0 Å². The molecular weight excluding hydrogens is 192 g/mol. The molecule has 0 bridgehead atoms. The predicted octanol–water partition coefficient (Wildman–Crippen LogP) is -1.43. The molecule has 1 aliphatic rings. The van der Waals surface area contributed by atoms with Crippen LogP contribution < -0.4 is 10.6 Å². The van der Waals surface area contributed by atoms with Crippen molar-refractivity contribution in [2.24, 2.45) is 0 Å². The molecule has 0 atom stereocenters. The van der Waals surface area contributed by atoms with E-state index < -0.39 is 0 Å². The molecule has 0 aromatic heterocycles. The zero-order valence-corrected chi connectivity index (χ0v) is 9.75. The molecule has 1 aliphatic heterocycles. The van der Waals surface area contributed by atoms with Gasteiger partial charge in [0.2, 0.25) is 5.91 Å². The van der Waals surface area contributed by atoms with Gasteiger partial charge in [-0.15, -0.1) is 0 Å². The number of nitrogens with one attached hydrogen (secondary N) is 2. The average Bonchev–Trinajstić information content (AvgIpc) is 2.26. The highest BCUT2D eigenvalue weighted by Gasteiger charge is 2.12. The maximum Gasteiger partial charge on any atom is 0.233 e. The molecule has 0 aliphatic carbocycles. The summed E-state index contributed by atoms with van der Waals surface area (Å²) >= 11 is 0. The van der Waals surface area contributed by atoms with Crippen molar-refractivity contribution in [3.05, 3.63) is 0 Å². The molecule has 0 aromatic carbocycles. The van der Waals surface area contributed by atoms with Crippen LogP contribution in [0.4, 0.5) is 0 Å². The molecule has 0 unspecified atom stereocenters. The molecule has 0 radical (unpaired) electrons. The maximum atomic E-state index is 10.9. The molecule has 0 aromatic rings. The van der Waals surface area contributed by atoms with Crippen LogP contribution in [-0.2, 0) is 4.79 Å². The summed E-state index contributed by atoms with van der Waals surface area (Å²) in [5, 5.41) is 5.71. The first-order valence-corrected chi connectivity index (χ1v) is 5.54. The van der Waals surface area contributed by atoms with Gasteiger partial charge in [-0.3, -0.25) is 9.69 Å². The summed E-state index contributed by atoms with van der Waals surface area (Å²) in [5.74, 6) is 0.0494. The summed E-state index contributed by atoms with van der Waals surface area (Å²) in [4.78, 5) is 15.7. The summed E-state index contributed by atoms with van der Waals surface area (Å²) in [6, 6.07) is 0. The fourth-order valence-corrected chi connectivity index (χ4v) is 1.60.